The second-order valence-corrected chi connectivity index (χ2v) is 4.59. The molecule has 1 atom stereocenters. The predicted octanol–water partition coefficient (Wildman–Crippen LogP) is 1.96. The van der Waals surface area contributed by atoms with Crippen molar-refractivity contribution in [2.45, 2.75) is 26.3 Å². The molecule has 19 heavy (non-hydrogen) atoms. The molecule has 0 saturated heterocycles. The summed E-state index contributed by atoms with van der Waals surface area (Å²) in [6.45, 7) is 4.77. The van der Waals surface area contributed by atoms with Gasteiger partial charge in [-0.15, -0.1) is 0 Å². The SMILES string of the molecule is CCCOc1cncc(C(N)c2cnn(C)c2C)c1. The van der Waals surface area contributed by atoms with Gasteiger partial charge in [-0.3, -0.25) is 9.67 Å². The zero-order valence-corrected chi connectivity index (χ0v) is 11.6. The number of rotatable bonds is 5. The number of ether oxygens (including phenoxy) is 1. The summed E-state index contributed by atoms with van der Waals surface area (Å²) in [4.78, 5) is 4.19. The molecule has 5 heteroatoms. The fourth-order valence-corrected chi connectivity index (χ4v) is 1.91. The molecule has 0 fully saturated rings. The van der Waals surface area contributed by atoms with Crippen LogP contribution in [0.25, 0.3) is 0 Å². The Balaban J connectivity index is 2.23. The molecule has 2 N–H and O–H groups in total. The number of pyridine rings is 1. The summed E-state index contributed by atoms with van der Waals surface area (Å²) in [6.07, 6.45) is 6.26. The third-order valence-electron chi connectivity index (χ3n) is 3.17. The van der Waals surface area contributed by atoms with E-state index >= 15 is 0 Å². The molecule has 0 aliphatic rings. The number of nitrogens with two attached hydrogens (primary N) is 1. The molecule has 0 aliphatic heterocycles. The molecule has 102 valence electrons. The lowest BCUT2D eigenvalue weighted by atomic mass is 10.0. The van der Waals surface area contributed by atoms with E-state index in [1.165, 1.54) is 0 Å². The fraction of sp³-hybridized carbons (Fsp3) is 0.429. The third-order valence-corrected chi connectivity index (χ3v) is 3.17. The van der Waals surface area contributed by atoms with Crippen molar-refractivity contribution in [2.24, 2.45) is 12.8 Å². The Morgan fingerprint density at radius 2 is 2.16 bits per heavy atom. The fourth-order valence-electron chi connectivity index (χ4n) is 1.91. The summed E-state index contributed by atoms with van der Waals surface area (Å²) in [6, 6.07) is 1.71. The summed E-state index contributed by atoms with van der Waals surface area (Å²) in [7, 11) is 1.91. The monoisotopic (exact) mass is 260 g/mol. The molecule has 2 aromatic heterocycles. The number of nitrogens with zero attached hydrogens (tertiary/aromatic N) is 3. The van der Waals surface area contributed by atoms with Crippen LogP contribution in [0.4, 0.5) is 0 Å². The summed E-state index contributed by atoms with van der Waals surface area (Å²) in [5.74, 6) is 0.761. The van der Waals surface area contributed by atoms with Gasteiger partial charge in [0.05, 0.1) is 25.0 Å². The van der Waals surface area contributed by atoms with Gasteiger partial charge in [-0.2, -0.15) is 5.10 Å². The van der Waals surface area contributed by atoms with E-state index < -0.39 is 0 Å². The molecule has 0 bridgehead atoms. The minimum atomic E-state index is -0.230. The Morgan fingerprint density at radius 3 is 2.79 bits per heavy atom. The molecule has 2 heterocycles. The van der Waals surface area contributed by atoms with Gasteiger partial charge in [0, 0.05) is 24.5 Å². The number of aromatic nitrogens is 3. The van der Waals surface area contributed by atoms with Gasteiger partial charge in [-0.05, 0) is 25.0 Å². The molecule has 0 saturated carbocycles. The quantitative estimate of drug-likeness (QED) is 0.892. The maximum absolute atomic E-state index is 6.28. The van der Waals surface area contributed by atoms with Gasteiger partial charge in [0.15, 0.2) is 0 Å². The summed E-state index contributed by atoms with van der Waals surface area (Å²) >= 11 is 0. The topological polar surface area (TPSA) is 66.0 Å². The number of hydrogen-bond acceptors (Lipinski definition) is 4. The van der Waals surface area contributed by atoms with Crippen LogP contribution in [0.3, 0.4) is 0 Å². The largest absolute Gasteiger partial charge is 0.492 e. The highest BCUT2D eigenvalue weighted by molar-refractivity contribution is 5.34. The van der Waals surface area contributed by atoms with E-state index in [2.05, 4.69) is 17.0 Å². The first-order chi connectivity index (χ1) is 9.13. The van der Waals surface area contributed by atoms with E-state index in [9.17, 15) is 0 Å². The molecule has 2 rings (SSSR count). The lowest BCUT2D eigenvalue weighted by Crippen LogP contribution is -2.13. The van der Waals surface area contributed by atoms with Crippen LogP contribution in [0.15, 0.2) is 24.7 Å². The maximum Gasteiger partial charge on any atom is 0.137 e. The lowest BCUT2D eigenvalue weighted by molar-refractivity contribution is 0.315. The zero-order valence-electron chi connectivity index (χ0n) is 11.6. The van der Waals surface area contributed by atoms with Crippen molar-refractivity contribution in [1.29, 1.82) is 0 Å². The van der Waals surface area contributed by atoms with Crippen LogP contribution in [0.2, 0.25) is 0 Å². The van der Waals surface area contributed by atoms with Crippen molar-refractivity contribution in [3.8, 4) is 5.75 Å². The van der Waals surface area contributed by atoms with Crippen molar-refractivity contribution in [3.05, 3.63) is 41.5 Å². The van der Waals surface area contributed by atoms with E-state index in [0.29, 0.717) is 6.61 Å². The lowest BCUT2D eigenvalue weighted by Gasteiger charge is -2.13. The first-order valence-corrected chi connectivity index (χ1v) is 6.45. The standard InChI is InChI=1S/C14H20N4O/c1-4-5-19-12-6-11(7-16-8-12)14(15)13-9-17-18(3)10(13)2/h6-9,14H,4-5,15H2,1-3H3. The summed E-state index contributed by atoms with van der Waals surface area (Å²) in [5.41, 5.74) is 9.29. The highest BCUT2D eigenvalue weighted by atomic mass is 16.5. The van der Waals surface area contributed by atoms with Gasteiger partial charge in [-0.25, -0.2) is 0 Å². The Bertz CT molecular complexity index is 550. The second kappa shape index (κ2) is 5.84. The predicted molar refractivity (Wildman–Crippen MR) is 74.0 cm³/mol. The van der Waals surface area contributed by atoms with Crippen molar-refractivity contribution in [3.63, 3.8) is 0 Å². The van der Waals surface area contributed by atoms with Gasteiger partial charge in [0.1, 0.15) is 5.75 Å². The highest BCUT2D eigenvalue weighted by Crippen LogP contribution is 2.24. The molecule has 0 spiro atoms. The van der Waals surface area contributed by atoms with Crippen LogP contribution in [-0.4, -0.2) is 21.4 Å². The Kier molecular flexibility index (Phi) is 4.16. The second-order valence-electron chi connectivity index (χ2n) is 4.59. The first-order valence-electron chi connectivity index (χ1n) is 6.45. The maximum atomic E-state index is 6.28. The third kappa shape index (κ3) is 2.93. The molecule has 0 radical (unpaired) electrons. The van der Waals surface area contributed by atoms with Crippen LogP contribution < -0.4 is 10.5 Å². The van der Waals surface area contributed by atoms with E-state index in [-0.39, 0.29) is 6.04 Å². The highest BCUT2D eigenvalue weighted by Gasteiger charge is 2.15. The van der Waals surface area contributed by atoms with Crippen LogP contribution in [0, 0.1) is 6.92 Å². The van der Waals surface area contributed by atoms with Gasteiger partial charge >= 0.3 is 0 Å². The minimum absolute atomic E-state index is 0.230. The van der Waals surface area contributed by atoms with E-state index in [0.717, 1.165) is 29.0 Å². The molecule has 0 aliphatic carbocycles. The Morgan fingerprint density at radius 1 is 1.37 bits per heavy atom. The smallest absolute Gasteiger partial charge is 0.137 e. The Labute approximate surface area is 113 Å². The van der Waals surface area contributed by atoms with Crippen LogP contribution >= 0.6 is 0 Å². The molecule has 1 unspecified atom stereocenters. The number of aryl methyl sites for hydroxylation is 1. The van der Waals surface area contributed by atoms with Crippen LogP contribution in [0.5, 0.6) is 5.75 Å². The molecular weight excluding hydrogens is 240 g/mol. The number of hydrogen-bond donors (Lipinski definition) is 1. The molecular formula is C14H20N4O. The summed E-state index contributed by atoms with van der Waals surface area (Å²) < 4.78 is 7.40. The Hall–Kier alpha value is -1.88. The van der Waals surface area contributed by atoms with Crippen LogP contribution in [0.1, 0.15) is 36.2 Å². The average Bonchev–Trinajstić information content (AvgIpc) is 2.76. The van der Waals surface area contributed by atoms with Gasteiger partial charge in [0.2, 0.25) is 0 Å². The van der Waals surface area contributed by atoms with E-state index in [4.69, 9.17) is 10.5 Å². The van der Waals surface area contributed by atoms with Crippen molar-refractivity contribution in [1.82, 2.24) is 14.8 Å². The van der Waals surface area contributed by atoms with Gasteiger partial charge in [0.25, 0.3) is 0 Å². The van der Waals surface area contributed by atoms with E-state index in [1.807, 2.05) is 24.7 Å². The summed E-state index contributed by atoms with van der Waals surface area (Å²) in [5, 5.41) is 4.22. The molecule has 0 aromatic carbocycles. The average molecular weight is 260 g/mol. The zero-order chi connectivity index (χ0) is 13.8. The first kappa shape index (κ1) is 13.5. The van der Waals surface area contributed by atoms with Crippen LogP contribution in [-0.2, 0) is 7.05 Å². The van der Waals surface area contributed by atoms with Crippen molar-refractivity contribution >= 4 is 0 Å². The molecule has 2 aromatic rings. The minimum Gasteiger partial charge on any atom is -0.492 e. The van der Waals surface area contributed by atoms with Gasteiger partial charge < -0.3 is 10.5 Å². The van der Waals surface area contributed by atoms with Crippen molar-refractivity contribution in [2.75, 3.05) is 6.61 Å². The molecule has 5 nitrogen and oxygen atoms in total. The normalized spacial score (nSPS) is 12.4. The van der Waals surface area contributed by atoms with E-state index in [1.54, 1.807) is 18.6 Å². The molecule has 0 amide bonds. The van der Waals surface area contributed by atoms with Crippen molar-refractivity contribution < 1.29 is 4.74 Å². The van der Waals surface area contributed by atoms with Gasteiger partial charge in [-0.1, -0.05) is 6.92 Å².